The van der Waals surface area contributed by atoms with Crippen molar-refractivity contribution in [1.29, 1.82) is 0 Å². The molecular formula is C10H13N3S2. The molecule has 80 valence electrons. The molecule has 2 rings (SSSR count). The number of hydrogen-bond acceptors (Lipinski definition) is 5. The zero-order chi connectivity index (χ0) is 10.5. The van der Waals surface area contributed by atoms with E-state index in [0.717, 1.165) is 19.5 Å². The average molecular weight is 239 g/mol. The molecule has 0 aromatic carbocycles. The Labute approximate surface area is 97.0 Å². The molecule has 0 saturated carbocycles. The van der Waals surface area contributed by atoms with Crippen LogP contribution in [0.15, 0.2) is 23.7 Å². The highest BCUT2D eigenvalue weighted by Gasteiger charge is 1.98. The van der Waals surface area contributed by atoms with Crippen LogP contribution >= 0.6 is 22.7 Å². The van der Waals surface area contributed by atoms with Crippen LogP contribution in [0.4, 0.5) is 5.13 Å². The minimum atomic E-state index is 0.644. The first-order valence-electron chi connectivity index (χ1n) is 4.78. The van der Waals surface area contributed by atoms with Crippen LogP contribution in [0, 0.1) is 0 Å². The second-order valence-corrected chi connectivity index (χ2v) is 5.35. The third-order valence-electron chi connectivity index (χ3n) is 2.00. The molecule has 0 aliphatic heterocycles. The van der Waals surface area contributed by atoms with Gasteiger partial charge in [-0.1, -0.05) is 6.07 Å². The van der Waals surface area contributed by atoms with Gasteiger partial charge in [-0.3, -0.25) is 0 Å². The van der Waals surface area contributed by atoms with E-state index in [0.29, 0.717) is 5.13 Å². The van der Waals surface area contributed by atoms with E-state index >= 15 is 0 Å². The molecule has 0 aliphatic carbocycles. The molecule has 2 aromatic heterocycles. The summed E-state index contributed by atoms with van der Waals surface area (Å²) in [5, 5.41) is 6.13. The van der Waals surface area contributed by atoms with Gasteiger partial charge in [-0.2, -0.15) is 0 Å². The summed E-state index contributed by atoms with van der Waals surface area (Å²) in [5.74, 6) is 0. The molecule has 0 saturated heterocycles. The van der Waals surface area contributed by atoms with E-state index in [1.807, 2.05) is 6.20 Å². The van der Waals surface area contributed by atoms with Crippen molar-refractivity contribution in [3.63, 3.8) is 0 Å². The first-order chi connectivity index (χ1) is 7.34. The second kappa shape index (κ2) is 5.25. The number of aromatic nitrogens is 1. The Bertz CT molecular complexity index is 394. The number of nitrogens with zero attached hydrogens (tertiary/aromatic N) is 1. The van der Waals surface area contributed by atoms with Crippen LogP contribution in [-0.4, -0.2) is 11.5 Å². The van der Waals surface area contributed by atoms with Gasteiger partial charge in [0.1, 0.15) is 0 Å². The highest BCUT2D eigenvalue weighted by atomic mass is 32.1. The highest BCUT2D eigenvalue weighted by Crippen LogP contribution is 2.13. The first kappa shape index (κ1) is 10.6. The van der Waals surface area contributed by atoms with Crippen LogP contribution < -0.4 is 11.1 Å². The van der Waals surface area contributed by atoms with Gasteiger partial charge < -0.3 is 11.1 Å². The van der Waals surface area contributed by atoms with Gasteiger partial charge in [-0.05, 0) is 17.9 Å². The normalized spacial score (nSPS) is 10.7. The van der Waals surface area contributed by atoms with Crippen molar-refractivity contribution >= 4 is 27.8 Å². The standard InChI is InChI=1S/C10H13N3S2/c11-10-13-7-9(15-10)6-12-4-3-8-2-1-5-14-8/h1-2,5,7,12H,3-4,6H2,(H2,11,13). The van der Waals surface area contributed by atoms with E-state index in [-0.39, 0.29) is 0 Å². The lowest BCUT2D eigenvalue weighted by atomic mass is 10.3. The average Bonchev–Trinajstić information content (AvgIpc) is 2.84. The monoisotopic (exact) mass is 239 g/mol. The van der Waals surface area contributed by atoms with Gasteiger partial charge in [0.25, 0.3) is 0 Å². The summed E-state index contributed by atoms with van der Waals surface area (Å²) in [7, 11) is 0. The molecule has 0 unspecified atom stereocenters. The Morgan fingerprint density at radius 1 is 1.40 bits per heavy atom. The molecule has 2 heterocycles. The summed E-state index contributed by atoms with van der Waals surface area (Å²) >= 11 is 3.35. The molecule has 0 aliphatic rings. The predicted octanol–water partition coefficient (Wildman–Crippen LogP) is 2.12. The molecule has 3 nitrogen and oxygen atoms in total. The number of thiazole rings is 1. The third-order valence-corrected chi connectivity index (χ3v) is 3.76. The van der Waals surface area contributed by atoms with Crippen molar-refractivity contribution in [2.45, 2.75) is 13.0 Å². The number of nitrogens with one attached hydrogen (secondary N) is 1. The fourth-order valence-corrected chi connectivity index (χ4v) is 2.65. The van der Waals surface area contributed by atoms with Gasteiger partial charge in [0.2, 0.25) is 0 Å². The van der Waals surface area contributed by atoms with Crippen molar-refractivity contribution < 1.29 is 0 Å². The molecule has 0 spiro atoms. The Hall–Kier alpha value is -0.910. The van der Waals surface area contributed by atoms with Crippen LogP contribution in [-0.2, 0) is 13.0 Å². The topological polar surface area (TPSA) is 50.9 Å². The van der Waals surface area contributed by atoms with Crippen molar-refractivity contribution in [3.05, 3.63) is 33.5 Å². The summed E-state index contributed by atoms with van der Waals surface area (Å²) in [5.41, 5.74) is 5.54. The molecule has 3 N–H and O–H groups in total. The van der Waals surface area contributed by atoms with Gasteiger partial charge in [0, 0.05) is 29.0 Å². The van der Waals surface area contributed by atoms with E-state index in [1.54, 1.807) is 22.7 Å². The maximum absolute atomic E-state index is 5.54. The Morgan fingerprint density at radius 2 is 2.33 bits per heavy atom. The number of thiophene rings is 1. The molecule has 0 bridgehead atoms. The summed E-state index contributed by atoms with van der Waals surface area (Å²) in [6.07, 6.45) is 2.92. The van der Waals surface area contributed by atoms with E-state index < -0.39 is 0 Å². The molecule has 0 amide bonds. The van der Waals surface area contributed by atoms with Crippen molar-refractivity contribution in [3.8, 4) is 0 Å². The number of hydrogen-bond donors (Lipinski definition) is 2. The van der Waals surface area contributed by atoms with Crippen LogP contribution in [0.2, 0.25) is 0 Å². The van der Waals surface area contributed by atoms with Crippen LogP contribution in [0.25, 0.3) is 0 Å². The Morgan fingerprint density at radius 3 is 3.00 bits per heavy atom. The van der Waals surface area contributed by atoms with E-state index in [1.165, 1.54) is 9.75 Å². The van der Waals surface area contributed by atoms with Gasteiger partial charge in [-0.15, -0.1) is 22.7 Å². The molecule has 2 aromatic rings. The molecule has 0 atom stereocenters. The lowest BCUT2D eigenvalue weighted by molar-refractivity contribution is 0.696. The lowest BCUT2D eigenvalue weighted by Crippen LogP contribution is -2.15. The maximum atomic E-state index is 5.54. The second-order valence-electron chi connectivity index (χ2n) is 3.17. The van der Waals surface area contributed by atoms with Crippen LogP contribution in [0.3, 0.4) is 0 Å². The van der Waals surface area contributed by atoms with Crippen molar-refractivity contribution in [2.24, 2.45) is 0 Å². The summed E-state index contributed by atoms with van der Waals surface area (Å²) in [4.78, 5) is 6.62. The minimum absolute atomic E-state index is 0.644. The van der Waals surface area contributed by atoms with Crippen molar-refractivity contribution in [2.75, 3.05) is 12.3 Å². The Kier molecular flexibility index (Phi) is 3.71. The van der Waals surface area contributed by atoms with Crippen molar-refractivity contribution in [1.82, 2.24) is 10.3 Å². The summed E-state index contributed by atoms with van der Waals surface area (Å²) in [6.45, 7) is 1.86. The predicted molar refractivity (Wildman–Crippen MR) is 66.3 cm³/mol. The van der Waals surface area contributed by atoms with Gasteiger partial charge in [0.15, 0.2) is 5.13 Å². The van der Waals surface area contributed by atoms with E-state index in [9.17, 15) is 0 Å². The fraction of sp³-hybridized carbons (Fsp3) is 0.300. The van der Waals surface area contributed by atoms with Crippen LogP contribution in [0.1, 0.15) is 9.75 Å². The zero-order valence-electron chi connectivity index (χ0n) is 8.27. The molecular weight excluding hydrogens is 226 g/mol. The Balaban J connectivity index is 1.67. The van der Waals surface area contributed by atoms with Gasteiger partial charge in [-0.25, -0.2) is 4.98 Å². The zero-order valence-corrected chi connectivity index (χ0v) is 9.90. The van der Waals surface area contributed by atoms with Crippen LogP contribution in [0.5, 0.6) is 0 Å². The number of anilines is 1. The molecule has 15 heavy (non-hydrogen) atoms. The summed E-state index contributed by atoms with van der Waals surface area (Å²) < 4.78 is 0. The largest absolute Gasteiger partial charge is 0.375 e. The SMILES string of the molecule is Nc1ncc(CNCCc2cccs2)s1. The van der Waals surface area contributed by atoms with Gasteiger partial charge >= 0.3 is 0 Å². The fourth-order valence-electron chi connectivity index (χ4n) is 1.28. The minimum Gasteiger partial charge on any atom is -0.375 e. The van der Waals surface area contributed by atoms with E-state index in [4.69, 9.17) is 5.73 Å². The number of nitrogens with two attached hydrogens (primary N) is 1. The quantitative estimate of drug-likeness (QED) is 0.786. The third kappa shape index (κ3) is 3.30. The van der Waals surface area contributed by atoms with Gasteiger partial charge in [0.05, 0.1) is 0 Å². The highest BCUT2D eigenvalue weighted by molar-refractivity contribution is 7.15. The number of nitrogen functional groups attached to an aromatic ring is 1. The molecule has 5 heteroatoms. The maximum Gasteiger partial charge on any atom is 0.180 e. The van der Waals surface area contributed by atoms with E-state index in [2.05, 4.69) is 27.8 Å². The first-order valence-corrected chi connectivity index (χ1v) is 6.47. The lowest BCUT2D eigenvalue weighted by Gasteiger charge is -2.00. The smallest absolute Gasteiger partial charge is 0.180 e. The molecule has 0 radical (unpaired) electrons. The summed E-state index contributed by atoms with van der Waals surface area (Å²) in [6, 6.07) is 4.25. The molecule has 0 fully saturated rings. The number of rotatable bonds is 5.